The molecule has 0 radical (unpaired) electrons. The van der Waals surface area contributed by atoms with Gasteiger partial charge in [-0.1, -0.05) is 24.6 Å². The average Bonchev–Trinajstić information content (AvgIpc) is 3.29. The van der Waals surface area contributed by atoms with Crippen molar-refractivity contribution in [2.24, 2.45) is 5.92 Å². The Hall–Kier alpha value is -1.74. The van der Waals surface area contributed by atoms with Gasteiger partial charge in [-0.2, -0.15) is 18.3 Å². The Balaban J connectivity index is 1.69. The molecule has 1 saturated heterocycles. The number of hydrogen-bond acceptors (Lipinski definition) is 4. The number of fused-ring (bicyclic) bond motifs is 1. The molecule has 1 N–H and O–H groups in total. The van der Waals surface area contributed by atoms with Crippen LogP contribution in [-0.4, -0.2) is 39.9 Å². The molecule has 2 aromatic rings. The van der Waals surface area contributed by atoms with E-state index in [0.29, 0.717) is 19.0 Å². The molecule has 10 heteroatoms. The third-order valence-electron chi connectivity index (χ3n) is 5.46. The van der Waals surface area contributed by atoms with Gasteiger partial charge in [0.2, 0.25) is 0 Å². The molecule has 4 rings (SSSR count). The van der Waals surface area contributed by atoms with Crippen LogP contribution in [0.15, 0.2) is 17.5 Å². The summed E-state index contributed by atoms with van der Waals surface area (Å²) in [5.74, 6) is 0.175. The first-order valence-corrected chi connectivity index (χ1v) is 10.5. The highest BCUT2D eigenvalue weighted by Gasteiger charge is 2.48. The highest BCUT2D eigenvalue weighted by molar-refractivity contribution is 7.10. The molecule has 152 valence electrons. The van der Waals surface area contributed by atoms with Crippen molar-refractivity contribution in [1.82, 2.24) is 14.7 Å². The number of rotatable bonds is 2. The molecule has 5 nitrogen and oxygen atoms in total. The fourth-order valence-electron chi connectivity index (χ4n) is 3.76. The van der Waals surface area contributed by atoms with Gasteiger partial charge in [-0.25, -0.2) is 4.68 Å². The van der Waals surface area contributed by atoms with Gasteiger partial charge in [-0.05, 0) is 30.2 Å². The predicted octanol–water partition coefficient (Wildman–Crippen LogP) is 5.13. The Kier molecular flexibility index (Phi) is 5.07. The molecule has 0 aromatic carbocycles. The van der Waals surface area contributed by atoms with Crippen LogP contribution in [0.4, 0.5) is 19.0 Å². The predicted molar refractivity (Wildman–Crippen MR) is 102 cm³/mol. The molecule has 0 spiro atoms. The van der Waals surface area contributed by atoms with Crippen molar-refractivity contribution in [3.8, 4) is 0 Å². The van der Waals surface area contributed by atoms with Gasteiger partial charge in [-0.15, -0.1) is 11.3 Å². The van der Waals surface area contributed by atoms with Gasteiger partial charge in [0.1, 0.15) is 10.8 Å². The van der Waals surface area contributed by atoms with Crippen molar-refractivity contribution in [2.75, 3.05) is 18.4 Å². The summed E-state index contributed by atoms with van der Waals surface area (Å²) < 4.78 is 42.1. The van der Waals surface area contributed by atoms with Gasteiger partial charge in [-0.3, -0.25) is 4.79 Å². The minimum absolute atomic E-state index is 0.0425. The van der Waals surface area contributed by atoms with Gasteiger partial charge >= 0.3 is 6.18 Å². The SMILES string of the molecule is CC1CCN(C(=O)c2nn3c(c2Cl)N[C@@H](c2cccs2)C[C@H]3C(F)(F)F)CC1. The normalized spacial score (nSPS) is 23.4. The number of carbonyl (C=O) groups excluding carboxylic acids is 1. The lowest BCUT2D eigenvalue weighted by Gasteiger charge is -2.32. The molecule has 2 aliphatic heterocycles. The van der Waals surface area contributed by atoms with Crippen LogP contribution in [0.3, 0.4) is 0 Å². The molecule has 2 aromatic heterocycles. The van der Waals surface area contributed by atoms with Gasteiger partial charge in [0.15, 0.2) is 11.7 Å². The monoisotopic (exact) mass is 432 g/mol. The van der Waals surface area contributed by atoms with Crippen LogP contribution >= 0.6 is 22.9 Å². The van der Waals surface area contributed by atoms with E-state index in [0.717, 1.165) is 22.4 Å². The molecule has 1 fully saturated rings. The van der Waals surface area contributed by atoms with Crippen LogP contribution < -0.4 is 5.32 Å². The minimum Gasteiger partial charge on any atom is -0.361 e. The Morgan fingerprint density at radius 2 is 2.07 bits per heavy atom. The zero-order valence-corrected chi connectivity index (χ0v) is 16.7. The highest BCUT2D eigenvalue weighted by atomic mass is 35.5. The number of nitrogens with zero attached hydrogens (tertiary/aromatic N) is 3. The lowest BCUT2D eigenvalue weighted by atomic mass is 9.99. The molecule has 0 unspecified atom stereocenters. The number of hydrogen-bond donors (Lipinski definition) is 1. The first-order valence-electron chi connectivity index (χ1n) is 9.19. The molecule has 0 saturated carbocycles. The number of anilines is 1. The van der Waals surface area contributed by atoms with E-state index in [1.54, 1.807) is 17.0 Å². The lowest BCUT2D eigenvalue weighted by Crippen LogP contribution is -2.38. The Morgan fingerprint density at radius 1 is 1.36 bits per heavy atom. The second-order valence-corrected chi connectivity index (χ2v) is 8.79. The summed E-state index contributed by atoms with van der Waals surface area (Å²) in [5.41, 5.74) is -0.111. The van der Waals surface area contributed by atoms with Crippen LogP contribution in [0.2, 0.25) is 5.02 Å². The van der Waals surface area contributed by atoms with E-state index in [9.17, 15) is 18.0 Å². The number of likely N-dealkylation sites (tertiary alicyclic amines) is 1. The second kappa shape index (κ2) is 7.26. The third kappa shape index (κ3) is 3.50. The maximum absolute atomic E-state index is 13.8. The van der Waals surface area contributed by atoms with E-state index in [1.165, 1.54) is 11.3 Å². The Labute approximate surface area is 169 Å². The topological polar surface area (TPSA) is 50.2 Å². The van der Waals surface area contributed by atoms with Crippen LogP contribution in [0.1, 0.15) is 53.6 Å². The molecule has 2 aliphatic rings. The van der Waals surface area contributed by atoms with Crippen molar-refractivity contribution in [3.63, 3.8) is 0 Å². The van der Waals surface area contributed by atoms with E-state index in [1.807, 2.05) is 5.38 Å². The van der Waals surface area contributed by atoms with Crippen molar-refractivity contribution < 1.29 is 18.0 Å². The molecule has 2 atom stereocenters. The van der Waals surface area contributed by atoms with Crippen molar-refractivity contribution in [1.29, 1.82) is 0 Å². The molecular formula is C18H20ClF3N4OS. The average molecular weight is 433 g/mol. The smallest absolute Gasteiger partial charge is 0.361 e. The number of aromatic nitrogens is 2. The summed E-state index contributed by atoms with van der Waals surface area (Å²) in [4.78, 5) is 15.3. The van der Waals surface area contributed by atoms with Crippen LogP contribution in [-0.2, 0) is 0 Å². The van der Waals surface area contributed by atoms with E-state index < -0.39 is 24.2 Å². The molecule has 1 amide bonds. The van der Waals surface area contributed by atoms with Gasteiger partial charge < -0.3 is 10.2 Å². The van der Waals surface area contributed by atoms with Crippen LogP contribution in [0.25, 0.3) is 0 Å². The quantitative estimate of drug-likeness (QED) is 0.715. The minimum atomic E-state index is -4.50. The van der Waals surface area contributed by atoms with Gasteiger partial charge in [0, 0.05) is 24.4 Å². The Bertz CT molecular complexity index is 859. The van der Waals surface area contributed by atoms with Gasteiger partial charge in [0.05, 0.1) is 6.04 Å². The number of alkyl halides is 3. The molecule has 28 heavy (non-hydrogen) atoms. The third-order valence-corrected chi connectivity index (χ3v) is 6.80. The molecular weight excluding hydrogens is 413 g/mol. The largest absolute Gasteiger partial charge is 0.410 e. The first-order chi connectivity index (χ1) is 13.3. The summed E-state index contributed by atoms with van der Waals surface area (Å²) in [6.45, 7) is 3.24. The number of nitrogens with one attached hydrogen (secondary N) is 1. The number of amides is 1. The van der Waals surface area contributed by atoms with E-state index >= 15 is 0 Å². The van der Waals surface area contributed by atoms with Crippen molar-refractivity contribution in [3.05, 3.63) is 33.1 Å². The fourth-order valence-corrected chi connectivity index (χ4v) is 4.81. The van der Waals surface area contributed by atoms with Crippen LogP contribution in [0.5, 0.6) is 0 Å². The van der Waals surface area contributed by atoms with E-state index in [-0.39, 0.29) is 23.0 Å². The van der Waals surface area contributed by atoms with Crippen molar-refractivity contribution >= 4 is 34.7 Å². The van der Waals surface area contributed by atoms with Crippen molar-refractivity contribution in [2.45, 2.75) is 44.4 Å². The number of carbonyl (C=O) groups is 1. The number of piperidine rings is 1. The molecule has 4 heterocycles. The maximum Gasteiger partial charge on any atom is 0.410 e. The molecule has 0 bridgehead atoms. The zero-order chi connectivity index (χ0) is 20.1. The number of halogens is 4. The number of thiophene rings is 1. The zero-order valence-electron chi connectivity index (χ0n) is 15.2. The maximum atomic E-state index is 13.8. The van der Waals surface area contributed by atoms with E-state index in [2.05, 4.69) is 17.3 Å². The Morgan fingerprint density at radius 3 is 2.68 bits per heavy atom. The highest BCUT2D eigenvalue weighted by Crippen LogP contribution is 2.47. The standard InChI is InChI=1S/C18H20ClF3N4OS/c1-10-4-6-25(7-5-10)17(27)15-14(19)16-23-11(12-3-2-8-28-12)9-13(18(20,21)22)26(16)24-15/h2-3,8,10-11,13,23H,4-7,9H2,1H3/t11-,13+/m1/s1. The summed E-state index contributed by atoms with van der Waals surface area (Å²) >= 11 is 7.75. The van der Waals surface area contributed by atoms with Gasteiger partial charge in [0.25, 0.3) is 5.91 Å². The summed E-state index contributed by atoms with van der Waals surface area (Å²) in [5, 5.41) is 8.86. The molecule has 0 aliphatic carbocycles. The van der Waals surface area contributed by atoms with Crippen LogP contribution in [0, 0.1) is 5.92 Å². The lowest BCUT2D eigenvalue weighted by molar-refractivity contribution is -0.173. The summed E-state index contributed by atoms with van der Waals surface area (Å²) in [6, 6.07) is 1.21. The fraction of sp³-hybridized carbons (Fsp3) is 0.556. The first kappa shape index (κ1) is 19.6. The summed E-state index contributed by atoms with van der Waals surface area (Å²) in [6.07, 6.45) is -2.98. The van der Waals surface area contributed by atoms with E-state index in [4.69, 9.17) is 11.6 Å². The second-order valence-electron chi connectivity index (χ2n) is 7.44. The summed E-state index contributed by atoms with van der Waals surface area (Å²) in [7, 11) is 0.